The fourth-order valence-corrected chi connectivity index (χ4v) is 2.72. The van der Waals surface area contributed by atoms with Crippen molar-refractivity contribution in [2.75, 3.05) is 19.6 Å². The van der Waals surface area contributed by atoms with Gasteiger partial charge >= 0.3 is 6.09 Å². The number of nitrogens with zero attached hydrogens (tertiary/aromatic N) is 1. The summed E-state index contributed by atoms with van der Waals surface area (Å²) in [7, 11) is 0. The fraction of sp³-hybridized carbons (Fsp3) is 0.929. The number of amides is 1. The van der Waals surface area contributed by atoms with Crippen molar-refractivity contribution >= 4 is 17.5 Å². The maximum absolute atomic E-state index is 11.9. The van der Waals surface area contributed by atoms with E-state index < -0.39 is 17.0 Å². The monoisotopic (exact) mass is 304 g/mol. The second kappa shape index (κ2) is 6.54. The summed E-state index contributed by atoms with van der Waals surface area (Å²) in [6, 6.07) is 0. The van der Waals surface area contributed by atoms with Crippen LogP contribution in [0.3, 0.4) is 0 Å². The van der Waals surface area contributed by atoms with Crippen molar-refractivity contribution in [3.8, 4) is 0 Å². The molecule has 5 nitrogen and oxygen atoms in total. The largest absolute Gasteiger partial charge is 0.598 e. The topological polar surface area (TPSA) is 64.6 Å². The summed E-state index contributed by atoms with van der Waals surface area (Å²) in [4.78, 5) is 13.7. The number of carbonyl (C=O) groups excluding carboxylic acids is 1. The molecular weight excluding hydrogens is 276 g/mol. The van der Waals surface area contributed by atoms with Crippen LogP contribution < -0.4 is 4.72 Å². The smallest absolute Gasteiger partial charge is 0.410 e. The Bertz CT molecular complexity index is 336. The Balaban J connectivity index is 2.35. The molecule has 0 aliphatic carbocycles. The standard InChI is InChI=1S/C14H28N2O3S/c1-13(2,3)19-12(17)16-8-7-11(10-16)9-15-20(18)14(4,5)6/h11,15H,7-10H2,1-6H3/t11-,20?/m1/s1. The van der Waals surface area contributed by atoms with Crippen LogP contribution in [0.5, 0.6) is 0 Å². The minimum absolute atomic E-state index is 0.253. The molecule has 0 saturated carbocycles. The summed E-state index contributed by atoms with van der Waals surface area (Å²) in [6.07, 6.45) is 0.671. The zero-order valence-electron chi connectivity index (χ0n) is 13.5. The predicted molar refractivity (Wildman–Crippen MR) is 81.8 cm³/mol. The van der Waals surface area contributed by atoms with Gasteiger partial charge in [-0.2, -0.15) is 0 Å². The maximum Gasteiger partial charge on any atom is 0.410 e. The Hall–Kier alpha value is -0.460. The van der Waals surface area contributed by atoms with Crippen LogP contribution in [-0.2, 0) is 16.1 Å². The molecule has 1 N–H and O–H groups in total. The third-order valence-electron chi connectivity index (χ3n) is 3.00. The first-order valence-electron chi connectivity index (χ1n) is 7.12. The molecule has 1 aliphatic heterocycles. The van der Waals surface area contributed by atoms with Crippen molar-refractivity contribution < 1.29 is 14.1 Å². The number of rotatable bonds is 3. The van der Waals surface area contributed by atoms with E-state index in [1.54, 1.807) is 4.90 Å². The molecule has 6 heteroatoms. The van der Waals surface area contributed by atoms with E-state index in [4.69, 9.17) is 4.74 Å². The van der Waals surface area contributed by atoms with E-state index in [0.717, 1.165) is 6.42 Å². The summed E-state index contributed by atoms with van der Waals surface area (Å²) in [5, 5.41) is 0. The molecule has 2 atom stereocenters. The first-order valence-corrected chi connectivity index (χ1v) is 8.27. The summed E-state index contributed by atoms with van der Waals surface area (Å²) < 4.78 is 20.1. The van der Waals surface area contributed by atoms with Gasteiger partial charge in [0.25, 0.3) is 0 Å². The average Bonchev–Trinajstić information content (AvgIpc) is 2.70. The first-order chi connectivity index (χ1) is 8.99. The average molecular weight is 304 g/mol. The SMILES string of the molecule is CC(C)(C)OC(=O)N1CC[C@H](CN[S+]([O-])C(C)(C)C)C1. The van der Waals surface area contributed by atoms with Gasteiger partial charge in [0, 0.05) is 31.0 Å². The number of likely N-dealkylation sites (tertiary alicyclic amines) is 1. The summed E-state index contributed by atoms with van der Waals surface area (Å²) in [5.74, 6) is 0.341. The number of carbonyl (C=O) groups is 1. The number of hydrogen-bond donors (Lipinski definition) is 1. The highest BCUT2D eigenvalue weighted by molar-refractivity contribution is 7.90. The minimum atomic E-state index is -1.06. The van der Waals surface area contributed by atoms with Crippen LogP contribution in [0.25, 0.3) is 0 Å². The van der Waals surface area contributed by atoms with Crippen molar-refractivity contribution in [1.29, 1.82) is 0 Å². The Kier molecular flexibility index (Phi) is 5.75. The van der Waals surface area contributed by atoms with Crippen molar-refractivity contribution in [1.82, 2.24) is 9.62 Å². The van der Waals surface area contributed by atoms with E-state index in [0.29, 0.717) is 25.6 Å². The summed E-state index contributed by atoms with van der Waals surface area (Å²) in [5.41, 5.74) is -0.457. The lowest BCUT2D eigenvalue weighted by Crippen LogP contribution is -2.42. The van der Waals surface area contributed by atoms with E-state index in [1.165, 1.54) is 0 Å². The van der Waals surface area contributed by atoms with Crippen molar-refractivity contribution in [3.05, 3.63) is 0 Å². The van der Waals surface area contributed by atoms with Gasteiger partial charge in [-0.15, -0.1) is 4.72 Å². The molecule has 1 heterocycles. The zero-order chi connectivity index (χ0) is 15.6. The van der Waals surface area contributed by atoms with Crippen LogP contribution in [0, 0.1) is 5.92 Å². The van der Waals surface area contributed by atoms with Crippen LogP contribution in [0.1, 0.15) is 48.0 Å². The highest BCUT2D eigenvalue weighted by Gasteiger charge is 2.32. The van der Waals surface area contributed by atoms with Crippen LogP contribution in [-0.4, -0.2) is 45.5 Å². The highest BCUT2D eigenvalue weighted by Crippen LogP contribution is 2.20. The van der Waals surface area contributed by atoms with E-state index in [2.05, 4.69) is 4.72 Å². The lowest BCUT2D eigenvalue weighted by atomic mass is 10.1. The molecule has 0 spiro atoms. The van der Waals surface area contributed by atoms with Crippen molar-refractivity contribution in [3.63, 3.8) is 0 Å². The maximum atomic E-state index is 11.9. The van der Waals surface area contributed by atoms with E-state index in [9.17, 15) is 9.35 Å². The molecule has 20 heavy (non-hydrogen) atoms. The number of nitrogens with one attached hydrogen (secondary N) is 1. The molecule has 1 saturated heterocycles. The molecule has 0 radical (unpaired) electrons. The molecule has 118 valence electrons. The molecule has 1 aliphatic rings. The van der Waals surface area contributed by atoms with Gasteiger partial charge in [-0.05, 0) is 53.9 Å². The Labute approximate surface area is 125 Å². The van der Waals surface area contributed by atoms with Gasteiger partial charge in [0.15, 0.2) is 0 Å². The van der Waals surface area contributed by atoms with Gasteiger partial charge in [-0.3, -0.25) is 0 Å². The fourth-order valence-electron chi connectivity index (χ4n) is 1.90. The molecule has 1 amide bonds. The second-order valence-electron chi connectivity index (χ2n) is 7.31. The van der Waals surface area contributed by atoms with Gasteiger partial charge in [0.1, 0.15) is 10.3 Å². The highest BCUT2D eigenvalue weighted by atomic mass is 32.2. The van der Waals surface area contributed by atoms with E-state index >= 15 is 0 Å². The first kappa shape index (κ1) is 17.6. The van der Waals surface area contributed by atoms with Crippen molar-refractivity contribution in [2.24, 2.45) is 5.92 Å². The van der Waals surface area contributed by atoms with Crippen molar-refractivity contribution in [2.45, 2.75) is 58.3 Å². The quantitative estimate of drug-likeness (QED) is 0.813. The number of ether oxygens (including phenoxy) is 1. The lowest BCUT2D eigenvalue weighted by Gasteiger charge is -2.25. The van der Waals surface area contributed by atoms with Gasteiger partial charge in [-0.1, -0.05) is 0 Å². The van der Waals surface area contributed by atoms with Crippen LogP contribution in [0.2, 0.25) is 0 Å². The molecule has 0 bridgehead atoms. The Morgan fingerprint density at radius 2 is 1.95 bits per heavy atom. The minimum Gasteiger partial charge on any atom is -0.598 e. The molecule has 0 aromatic carbocycles. The van der Waals surface area contributed by atoms with Gasteiger partial charge in [-0.25, -0.2) is 4.79 Å². The van der Waals surface area contributed by atoms with E-state index in [1.807, 2.05) is 41.5 Å². The second-order valence-corrected chi connectivity index (χ2v) is 9.36. The van der Waals surface area contributed by atoms with Crippen LogP contribution >= 0.6 is 0 Å². The van der Waals surface area contributed by atoms with Crippen LogP contribution in [0.15, 0.2) is 0 Å². The van der Waals surface area contributed by atoms with Gasteiger partial charge in [0.2, 0.25) is 0 Å². The Morgan fingerprint density at radius 1 is 1.35 bits per heavy atom. The van der Waals surface area contributed by atoms with Gasteiger partial charge in [0.05, 0.1) is 0 Å². The predicted octanol–water partition coefficient (Wildman–Crippen LogP) is 2.30. The molecule has 1 rings (SSSR count). The molecule has 0 aromatic heterocycles. The third kappa shape index (κ3) is 5.89. The molecular formula is C14H28N2O3S. The van der Waals surface area contributed by atoms with E-state index in [-0.39, 0.29) is 10.8 Å². The molecule has 0 aromatic rings. The Morgan fingerprint density at radius 3 is 2.45 bits per heavy atom. The lowest BCUT2D eigenvalue weighted by molar-refractivity contribution is 0.0288. The summed E-state index contributed by atoms with van der Waals surface area (Å²) >= 11 is -1.06. The molecule has 1 unspecified atom stereocenters. The zero-order valence-corrected chi connectivity index (χ0v) is 14.3. The molecule has 1 fully saturated rings. The number of hydrogen-bond acceptors (Lipinski definition) is 4. The third-order valence-corrected chi connectivity index (χ3v) is 4.54. The van der Waals surface area contributed by atoms with Crippen LogP contribution in [0.4, 0.5) is 4.79 Å². The van der Waals surface area contributed by atoms with Gasteiger partial charge < -0.3 is 14.2 Å². The summed E-state index contributed by atoms with van der Waals surface area (Å²) in [6.45, 7) is 13.5. The normalized spacial score (nSPS) is 21.9.